The maximum atomic E-state index is 13.0. The Balaban J connectivity index is 1.76. The average molecular weight is 385 g/mol. The highest BCUT2D eigenvalue weighted by Gasteiger charge is 2.18. The minimum absolute atomic E-state index is 0.0421. The Labute approximate surface area is 156 Å². The van der Waals surface area contributed by atoms with Gasteiger partial charge in [-0.25, -0.2) is 17.5 Å². The van der Waals surface area contributed by atoms with Crippen molar-refractivity contribution in [3.8, 4) is 16.9 Å². The van der Waals surface area contributed by atoms with Gasteiger partial charge in [0.15, 0.2) is 0 Å². The van der Waals surface area contributed by atoms with Gasteiger partial charge in [0.25, 0.3) is 15.9 Å². The average Bonchev–Trinajstić information content (AvgIpc) is 2.68. The van der Waals surface area contributed by atoms with Crippen LogP contribution in [0.15, 0.2) is 77.7 Å². The first kappa shape index (κ1) is 18.6. The second kappa shape index (κ2) is 7.59. The summed E-state index contributed by atoms with van der Waals surface area (Å²) in [5.41, 5.74) is 1.76. The first-order valence-corrected chi connectivity index (χ1v) is 9.44. The van der Waals surface area contributed by atoms with Crippen molar-refractivity contribution in [1.29, 1.82) is 0 Å². The van der Waals surface area contributed by atoms with E-state index in [2.05, 4.69) is 0 Å². The summed E-state index contributed by atoms with van der Waals surface area (Å²) in [6.45, 7) is 0. The molecule has 1 amide bonds. The first-order chi connectivity index (χ1) is 12.9. The summed E-state index contributed by atoms with van der Waals surface area (Å²) in [5.74, 6) is -0.563. The van der Waals surface area contributed by atoms with Crippen LogP contribution in [0.3, 0.4) is 0 Å². The Hall–Kier alpha value is -3.19. The zero-order valence-electron chi connectivity index (χ0n) is 14.3. The van der Waals surface area contributed by atoms with Gasteiger partial charge in [-0.15, -0.1) is 0 Å². The molecule has 1 N–H and O–H groups in total. The minimum Gasteiger partial charge on any atom is -0.497 e. The molecule has 0 aliphatic carbocycles. The van der Waals surface area contributed by atoms with Gasteiger partial charge in [-0.3, -0.25) is 4.79 Å². The summed E-state index contributed by atoms with van der Waals surface area (Å²) in [4.78, 5) is 12.2. The van der Waals surface area contributed by atoms with Crippen molar-refractivity contribution in [2.24, 2.45) is 0 Å². The van der Waals surface area contributed by atoms with E-state index in [-0.39, 0.29) is 16.3 Å². The van der Waals surface area contributed by atoms with Gasteiger partial charge < -0.3 is 4.74 Å². The molecule has 0 aliphatic rings. The quantitative estimate of drug-likeness (QED) is 0.728. The lowest BCUT2D eigenvalue weighted by atomic mass is 10.0. The molecule has 0 aromatic heterocycles. The maximum Gasteiger partial charge on any atom is 0.264 e. The standard InChI is InChI=1S/C20H16FNO4S/c1-26-18-10-12-19(13-11-18)27(24,25)22-20(23)16-4-2-14(3-5-16)15-6-8-17(21)9-7-15/h2-13H,1H3,(H,22,23). The lowest BCUT2D eigenvalue weighted by Crippen LogP contribution is -2.30. The Bertz CT molecular complexity index is 1040. The van der Waals surface area contributed by atoms with Crippen LogP contribution in [0.1, 0.15) is 10.4 Å². The molecule has 7 heteroatoms. The van der Waals surface area contributed by atoms with Crippen LogP contribution in [0, 0.1) is 5.82 Å². The topological polar surface area (TPSA) is 72.5 Å². The summed E-state index contributed by atoms with van der Waals surface area (Å²) in [5, 5.41) is 0. The Morgan fingerprint density at radius 2 is 1.37 bits per heavy atom. The van der Waals surface area contributed by atoms with Gasteiger partial charge in [-0.05, 0) is 59.7 Å². The van der Waals surface area contributed by atoms with Gasteiger partial charge in [-0.2, -0.15) is 0 Å². The second-order valence-electron chi connectivity index (χ2n) is 5.69. The van der Waals surface area contributed by atoms with Crippen molar-refractivity contribution >= 4 is 15.9 Å². The number of halogens is 1. The van der Waals surface area contributed by atoms with Gasteiger partial charge in [0.1, 0.15) is 11.6 Å². The van der Waals surface area contributed by atoms with Crippen molar-refractivity contribution < 1.29 is 22.3 Å². The van der Waals surface area contributed by atoms with Crippen LogP contribution in [0.5, 0.6) is 5.75 Å². The molecule has 0 heterocycles. The molecule has 0 atom stereocenters. The van der Waals surface area contributed by atoms with Gasteiger partial charge in [0, 0.05) is 5.56 Å². The van der Waals surface area contributed by atoms with Crippen LogP contribution in [0.2, 0.25) is 0 Å². The third-order valence-corrected chi connectivity index (χ3v) is 5.27. The van der Waals surface area contributed by atoms with E-state index in [1.54, 1.807) is 24.3 Å². The number of amides is 1. The first-order valence-electron chi connectivity index (χ1n) is 7.96. The van der Waals surface area contributed by atoms with Crippen molar-refractivity contribution in [3.05, 3.63) is 84.2 Å². The highest BCUT2D eigenvalue weighted by molar-refractivity contribution is 7.90. The fraction of sp³-hybridized carbons (Fsp3) is 0.0500. The van der Waals surface area contributed by atoms with Crippen LogP contribution in [-0.2, 0) is 10.0 Å². The predicted molar refractivity (Wildman–Crippen MR) is 99.5 cm³/mol. The third-order valence-electron chi connectivity index (χ3n) is 3.92. The Morgan fingerprint density at radius 3 is 1.89 bits per heavy atom. The number of carbonyl (C=O) groups excluding carboxylic acids is 1. The lowest BCUT2D eigenvalue weighted by molar-refractivity contribution is 0.0981. The number of sulfonamides is 1. The Morgan fingerprint density at radius 1 is 0.852 bits per heavy atom. The van der Waals surface area contributed by atoms with Crippen molar-refractivity contribution in [2.45, 2.75) is 4.90 Å². The molecule has 0 unspecified atom stereocenters. The van der Waals surface area contributed by atoms with E-state index < -0.39 is 15.9 Å². The van der Waals surface area contributed by atoms with E-state index in [0.717, 1.165) is 11.1 Å². The second-order valence-corrected chi connectivity index (χ2v) is 7.38. The van der Waals surface area contributed by atoms with Crippen LogP contribution >= 0.6 is 0 Å². The number of hydrogen-bond acceptors (Lipinski definition) is 4. The molecule has 0 saturated heterocycles. The molecule has 5 nitrogen and oxygen atoms in total. The number of hydrogen-bond donors (Lipinski definition) is 1. The predicted octanol–water partition coefficient (Wildman–Crippen LogP) is 3.62. The molecule has 3 rings (SSSR count). The third kappa shape index (κ3) is 4.32. The van der Waals surface area contributed by atoms with E-state index in [4.69, 9.17) is 4.74 Å². The summed E-state index contributed by atoms with van der Waals surface area (Å²) in [7, 11) is -2.52. The van der Waals surface area contributed by atoms with E-state index in [9.17, 15) is 17.6 Å². The van der Waals surface area contributed by atoms with Crippen LogP contribution < -0.4 is 9.46 Å². The van der Waals surface area contributed by atoms with Crippen molar-refractivity contribution in [2.75, 3.05) is 7.11 Å². The van der Waals surface area contributed by atoms with Crippen LogP contribution in [-0.4, -0.2) is 21.4 Å². The van der Waals surface area contributed by atoms with Crippen LogP contribution in [0.4, 0.5) is 4.39 Å². The largest absolute Gasteiger partial charge is 0.497 e. The monoisotopic (exact) mass is 385 g/mol. The summed E-state index contributed by atoms with van der Waals surface area (Å²) >= 11 is 0. The number of methoxy groups -OCH3 is 1. The zero-order chi connectivity index (χ0) is 19.4. The molecule has 3 aromatic carbocycles. The van der Waals surface area contributed by atoms with Gasteiger partial charge in [0.2, 0.25) is 0 Å². The van der Waals surface area contributed by atoms with E-state index in [1.165, 1.54) is 55.6 Å². The van der Waals surface area contributed by atoms with E-state index >= 15 is 0 Å². The fourth-order valence-corrected chi connectivity index (χ4v) is 3.43. The highest BCUT2D eigenvalue weighted by atomic mass is 32.2. The maximum absolute atomic E-state index is 13.0. The minimum atomic E-state index is -4.00. The lowest BCUT2D eigenvalue weighted by Gasteiger charge is -2.08. The number of carbonyl (C=O) groups is 1. The summed E-state index contributed by atoms with van der Waals surface area (Å²) in [6, 6.07) is 18.0. The van der Waals surface area contributed by atoms with Crippen LogP contribution in [0.25, 0.3) is 11.1 Å². The molecule has 3 aromatic rings. The number of ether oxygens (including phenoxy) is 1. The summed E-state index contributed by atoms with van der Waals surface area (Å²) < 4.78 is 44.7. The SMILES string of the molecule is COc1ccc(S(=O)(=O)NC(=O)c2ccc(-c3ccc(F)cc3)cc2)cc1. The molecule has 0 radical (unpaired) electrons. The fourth-order valence-electron chi connectivity index (χ4n) is 2.45. The molecule has 138 valence electrons. The summed E-state index contributed by atoms with van der Waals surface area (Å²) in [6.07, 6.45) is 0. The number of benzene rings is 3. The highest BCUT2D eigenvalue weighted by Crippen LogP contribution is 2.21. The molecule has 27 heavy (non-hydrogen) atoms. The molecule has 0 aliphatic heterocycles. The smallest absolute Gasteiger partial charge is 0.264 e. The molecular weight excluding hydrogens is 369 g/mol. The number of nitrogens with one attached hydrogen (secondary N) is 1. The normalized spacial score (nSPS) is 11.0. The van der Waals surface area contributed by atoms with Gasteiger partial charge in [-0.1, -0.05) is 24.3 Å². The van der Waals surface area contributed by atoms with Gasteiger partial charge >= 0.3 is 0 Å². The number of rotatable bonds is 5. The van der Waals surface area contributed by atoms with E-state index in [1.807, 2.05) is 4.72 Å². The molecule has 0 saturated carbocycles. The molecule has 0 fully saturated rings. The van der Waals surface area contributed by atoms with Gasteiger partial charge in [0.05, 0.1) is 12.0 Å². The molecular formula is C20H16FNO4S. The Kier molecular flexibility index (Phi) is 5.23. The zero-order valence-corrected chi connectivity index (χ0v) is 15.2. The molecule has 0 spiro atoms. The van der Waals surface area contributed by atoms with E-state index in [0.29, 0.717) is 5.75 Å². The van der Waals surface area contributed by atoms with Crippen molar-refractivity contribution in [1.82, 2.24) is 4.72 Å². The van der Waals surface area contributed by atoms with Crippen molar-refractivity contribution in [3.63, 3.8) is 0 Å². The molecule has 0 bridgehead atoms.